The Labute approximate surface area is 165 Å². The van der Waals surface area contributed by atoms with E-state index in [1.165, 1.54) is 7.11 Å². The molecule has 0 bridgehead atoms. The number of carbonyl (C=O) groups excluding carboxylic acids is 1. The number of rotatable bonds is 10. The lowest BCUT2D eigenvalue weighted by atomic mass is 10.1. The lowest BCUT2D eigenvalue weighted by Crippen LogP contribution is -2.16. The average Bonchev–Trinajstić information content (AvgIpc) is 2.72. The van der Waals surface area contributed by atoms with E-state index in [9.17, 15) is 9.36 Å². The fraction of sp³-hybridized carbons (Fsp3) is 0.350. The Hall–Kier alpha value is -2.34. The van der Waals surface area contributed by atoms with Gasteiger partial charge in [0.25, 0.3) is 0 Å². The van der Waals surface area contributed by atoms with Gasteiger partial charge in [-0.05, 0) is 44.2 Å². The molecule has 2 rings (SSSR count). The summed E-state index contributed by atoms with van der Waals surface area (Å²) in [6.45, 7) is 3.98. The summed E-state index contributed by atoms with van der Waals surface area (Å²) in [6.07, 6.45) is 0. The van der Waals surface area contributed by atoms with E-state index in [2.05, 4.69) is 5.32 Å². The van der Waals surface area contributed by atoms with Gasteiger partial charge in [0.1, 0.15) is 5.75 Å². The summed E-state index contributed by atoms with van der Waals surface area (Å²) in [6, 6.07) is 13.9. The summed E-state index contributed by atoms with van der Waals surface area (Å²) in [5.74, 6) is -0.666. The minimum Gasteiger partial charge on any atom is -0.496 e. The molecule has 0 heterocycles. The molecule has 0 radical (unpaired) electrons. The van der Waals surface area contributed by atoms with Crippen molar-refractivity contribution in [2.45, 2.75) is 19.6 Å². The molecule has 0 saturated heterocycles. The third-order valence-electron chi connectivity index (χ3n) is 3.98. The van der Waals surface area contributed by atoms with E-state index in [1.54, 1.807) is 51.3 Å². The number of ether oxygens (including phenoxy) is 2. The van der Waals surface area contributed by atoms with Crippen LogP contribution in [0.15, 0.2) is 48.5 Å². The first-order valence-corrected chi connectivity index (χ1v) is 10.6. The highest BCUT2D eigenvalue weighted by atomic mass is 31.2. The largest absolute Gasteiger partial charge is 0.496 e. The highest BCUT2D eigenvalue weighted by Gasteiger charge is 2.38. The van der Waals surface area contributed by atoms with E-state index < -0.39 is 19.3 Å². The van der Waals surface area contributed by atoms with Gasteiger partial charge in [-0.1, -0.05) is 18.2 Å². The monoisotopic (exact) mass is 407 g/mol. The van der Waals surface area contributed by atoms with Gasteiger partial charge >= 0.3 is 13.6 Å². The molecule has 0 fully saturated rings. The standard InChI is InChI=1S/C20H26NO6P/c1-5-26-28(23,27-6-2)19(17-9-7-8-10-18(17)24-3)21-16-13-11-15(12-14-16)20(22)25-4/h7-14,19,21H,5-6H2,1-4H3. The van der Waals surface area contributed by atoms with Crippen LogP contribution in [0.25, 0.3) is 0 Å². The van der Waals surface area contributed by atoms with Gasteiger partial charge in [-0.15, -0.1) is 0 Å². The Kier molecular flexibility index (Phi) is 8.05. The van der Waals surface area contributed by atoms with Crippen LogP contribution in [0.2, 0.25) is 0 Å². The molecule has 1 atom stereocenters. The van der Waals surface area contributed by atoms with E-state index in [4.69, 9.17) is 18.5 Å². The molecule has 0 aliphatic heterocycles. The van der Waals surface area contributed by atoms with E-state index in [1.807, 2.05) is 18.2 Å². The summed E-state index contributed by atoms with van der Waals surface area (Å²) >= 11 is 0. The average molecular weight is 407 g/mol. The van der Waals surface area contributed by atoms with Crippen molar-refractivity contribution in [3.05, 3.63) is 59.7 Å². The van der Waals surface area contributed by atoms with Crippen molar-refractivity contribution in [3.63, 3.8) is 0 Å². The predicted molar refractivity (Wildman–Crippen MR) is 108 cm³/mol. The fourth-order valence-electron chi connectivity index (χ4n) is 2.74. The second-order valence-electron chi connectivity index (χ2n) is 5.73. The first-order valence-electron chi connectivity index (χ1n) is 8.95. The molecule has 0 amide bonds. The Bertz CT molecular complexity index is 814. The van der Waals surface area contributed by atoms with Crippen molar-refractivity contribution in [3.8, 4) is 5.75 Å². The molecule has 0 saturated carbocycles. The molecular formula is C20H26NO6P. The molecule has 0 spiro atoms. The van der Waals surface area contributed by atoms with Gasteiger partial charge in [0.2, 0.25) is 0 Å². The van der Waals surface area contributed by atoms with Gasteiger partial charge in [-0.25, -0.2) is 4.79 Å². The van der Waals surface area contributed by atoms with Crippen LogP contribution in [-0.2, 0) is 18.3 Å². The maximum Gasteiger partial charge on any atom is 0.357 e. The number of anilines is 1. The van der Waals surface area contributed by atoms with Gasteiger partial charge in [0, 0.05) is 11.3 Å². The summed E-state index contributed by atoms with van der Waals surface area (Å²) in [7, 11) is -0.701. The van der Waals surface area contributed by atoms with Crippen LogP contribution in [0.5, 0.6) is 5.75 Å². The predicted octanol–water partition coefficient (Wildman–Crippen LogP) is 4.86. The lowest BCUT2D eigenvalue weighted by molar-refractivity contribution is 0.0600. The molecule has 1 N–H and O–H groups in total. The van der Waals surface area contributed by atoms with E-state index >= 15 is 0 Å². The van der Waals surface area contributed by atoms with Crippen LogP contribution in [0.1, 0.15) is 35.6 Å². The molecule has 0 aliphatic rings. The quantitative estimate of drug-likeness (QED) is 0.445. The van der Waals surface area contributed by atoms with Gasteiger partial charge in [0.05, 0.1) is 33.0 Å². The molecule has 2 aromatic rings. The first-order chi connectivity index (χ1) is 13.5. The maximum absolute atomic E-state index is 13.6. The molecule has 8 heteroatoms. The number of methoxy groups -OCH3 is 2. The van der Waals surface area contributed by atoms with Crippen LogP contribution in [-0.4, -0.2) is 33.4 Å². The number of hydrogen-bond acceptors (Lipinski definition) is 7. The zero-order valence-electron chi connectivity index (χ0n) is 16.5. The zero-order chi connectivity index (χ0) is 20.6. The van der Waals surface area contributed by atoms with Crippen LogP contribution >= 0.6 is 7.60 Å². The van der Waals surface area contributed by atoms with Crippen LogP contribution in [0.3, 0.4) is 0 Å². The third-order valence-corrected chi connectivity index (χ3v) is 6.25. The molecule has 28 heavy (non-hydrogen) atoms. The molecule has 0 aromatic heterocycles. The number of carbonyl (C=O) groups is 1. The van der Waals surface area contributed by atoms with Gasteiger partial charge < -0.3 is 23.8 Å². The molecular weight excluding hydrogens is 381 g/mol. The van der Waals surface area contributed by atoms with E-state index in [-0.39, 0.29) is 13.2 Å². The highest BCUT2D eigenvalue weighted by molar-refractivity contribution is 7.54. The number of para-hydroxylation sites is 1. The number of esters is 1. The number of hydrogen-bond donors (Lipinski definition) is 1. The Morgan fingerprint density at radius 2 is 1.61 bits per heavy atom. The van der Waals surface area contributed by atoms with Gasteiger partial charge in [-0.2, -0.15) is 0 Å². The maximum atomic E-state index is 13.6. The summed E-state index contributed by atoms with van der Waals surface area (Å²) in [4.78, 5) is 11.6. The van der Waals surface area contributed by atoms with Crippen molar-refractivity contribution >= 4 is 19.3 Å². The Balaban J connectivity index is 2.46. The molecule has 0 aliphatic carbocycles. The molecule has 152 valence electrons. The molecule has 1 unspecified atom stereocenters. The number of nitrogens with one attached hydrogen (secondary N) is 1. The Morgan fingerprint density at radius 1 is 1.00 bits per heavy atom. The van der Waals surface area contributed by atoms with Gasteiger partial charge in [-0.3, -0.25) is 4.57 Å². The SMILES string of the molecule is CCOP(=O)(OCC)C(Nc1ccc(C(=O)OC)cc1)c1ccccc1OC. The summed E-state index contributed by atoms with van der Waals surface area (Å²) in [5.41, 5.74) is 1.70. The second-order valence-corrected chi connectivity index (χ2v) is 7.85. The third kappa shape index (κ3) is 5.13. The highest BCUT2D eigenvalue weighted by Crippen LogP contribution is 2.62. The van der Waals surface area contributed by atoms with Crippen molar-refractivity contribution in [2.24, 2.45) is 0 Å². The summed E-state index contributed by atoms with van der Waals surface area (Å²) < 4.78 is 34.9. The van der Waals surface area contributed by atoms with Crippen molar-refractivity contribution < 1.29 is 27.9 Å². The minimum atomic E-state index is -3.58. The first kappa shape index (κ1) is 22.0. The lowest BCUT2D eigenvalue weighted by Gasteiger charge is -2.29. The van der Waals surface area contributed by atoms with E-state index in [0.717, 1.165) is 0 Å². The van der Waals surface area contributed by atoms with Crippen LogP contribution in [0, 0.1) is 0 Å². The normalized spacial score (nSPS) is 12.3. The summed E-state index contributed by atoms with van der Waals surface area (Å²) in [5, 5.41) is 3.22. The van der Waals surface area contributed by atoms with Crippen molar-refractivity contribution in [1.82, 2.24) is 0 Å². The van der Waals surface area contributed by atoms with Gasteiger partial charge in [0.15, 0.2) is 5.78 Å². The minimum absolute atomic E-state index is 0.228. The number of benzene rings is 2. The second kappa shape index (κ2) is 10.3. The van der Waals surface area contributed by atoms with Crippen molar-refractivity contribution in [2.75, 3.05) is 32.8 Å². The smallest absolute Gasteiger partial charge is 0.357 e. The van der Waals surface area contributed by atoms with E-state index in [0.29, 0.717) is 22.6 Å². The molecule has 7 nitrogen and oxygen atoms in total. The fourth-order valence-corrected chi connectivity index (χ4v) is 4.70. The Morgan fingerprint density at radius 3 is 2.14 bits per heavy atom. The topological polar surface area (TPSA) is 83.1 Å². The van der Waals surface area contributed by atoms with Crippen LogP contribution in [0.4, 0.5) is 5.69 Å². The molecule has 2 aromatic carbocycles. The van der Waals surface area contributed by atoms with Crippen molar-refractivity contribution in [1.29, 1.82) is 0 Å². The van der Waals surface area contributed by atoms with Crippen LogP contribution < -0.4 is 10.1 Å². The zero-order valence-corrected chi connectivity index (χ0v) is 17.4.